The van der Waals surface area contributed by atoms with Gasteiger partial charge in [0.1, 0.15) is 17.4 Å². The van der Waals surface area contributed by atoms with E-state index in [1.807, 2.05) is 6.07 Å². The van der Waals surface area contributed by atoms with Crippen LogP contribution in [-0.4, -0.2) is 38.6 Å². The Kier molecular flexibility index (Phi) is 7.29. The molecular weight excluding hydrogens is 447 g/mol. The van der Waals surface area contributed by atoms with Crippen LogP contribution in [0.1, 0.15) is 5.82 Å². The number of amides is 1. The summed E-state index contributed by atoms with van der Waals surface area (Å²) >= 11 is 1.28. The Labute approximate surface area is 183 Å². The first-order valence-electron chi connectivity index (χ1n) is 8.81. The molecule has 0 aliphatic heterocycles. The van der Waals surface area contributed by atoms with Crippen molar-refractivity contribution in [3.8, 4) is 11.8 Å². The van der Waals surface area contributed by atoms with Gasteiger partial charge in [-0.1, -0.05) is 0 Å². The first kappa shape index (κ1) is 22.6. The van der Waals surface area contributed by atoms with Gasteiger partial charge in [-0.25, -0.2) is 0 Å². The van der Waals surface area contributed by atoms with Crippen molar-refractivity contribution in [2.24, 2.45) is 0 Å². The Balaban J connectivity index is 1.47. The molecule has 164 valence electrons. The smallest absolute Gasteiger partial charge is 0.406 e. The molecule has 3 rings (SSSR count). The van der Waals surface area contributed by atoms with E-state index in [1.54, 1.807) is 24.3 Å². The number of ether oxygens (including phenoxy) is 1. The first-order chi connectivity index (χ1) is 15.3. The Hall–Kier alpha value is -4.05. The number of H-pyrrole nitrogens is 1. The molecule has 0 saturated heterocycles. The van der Waals surface area contributed by atoms with Crippen LogP contribution in [0.4, 0.5) is 24.5 Å². The van der Waals surface area contributed by atoms with E-state index < -0.39 is 6.36 Å². The standard InChI is InChI=1S/C19H14F3N7O2S/c20-19(21,22)31-15-5-1-14(2-6-15)25-17(30)11-32-16-7-3-13(4-8-16)24-10-12(9-23)18-26-28-29-27-18/h1-8,10,24H,11H2,(H,25,30)(H,26,27,28,29). The van der Waals surface area contributed by atoms with Gasteiger partial charge >= 0.3 is 6.36 Å². The second-order valence-corrected chi connectivity index (χ2v) is 7.03. The Bertz CT molecular complexity index is 1110. The van der Waals surface area contributed by atoms with E-state index in [-0.39, 0.29) is 28.8 Å². The number of nitriles is 1. The summed E-state index contributed by atoms with van der Waals surface area (Å²) < 4.78 is 40.3. The maximum atomic E-state index is 12.2. The second kappa shape index (κ2) is 10.3. The molecule has 13 heteroatoms. The van der Waals surface area contributed by atoms with Gasteiger partial charge in [0.05, 0.1) is 5.75 Å². The van der Waals surface area contributed by atoms with E-state index in [4.69, 9.17) is 5.26 Å². The molecule has 2 aromatic carbocycles. The summed E-state index contributed by atoms with van der Waals surface area (Å²) in [4.78, 5) is 12.9. The van der Waals surface area contributed by atoms with Crippen LogP contribution < -0.4 is 15.4 Å². The Morgan fingerprint density at radius 3 is 2.44 bits per heavy atom. The second-order valence-electron chi connectivity index (χ2n) is 5.98. The molecule has 0 fully saturated rings. The fourth-order valence-corrected chi connectivity index (χ4v) is 3.01. The number of alkyl halides is 3. The molecule has 0 radical (unpaired) electrons. The SMILES string of the molecule is N#CC(=CNc1ccc(SCC(=O)Nc2ccc(OC(F)(F)F)cc2)cc1)c1nn[nH]n1. The molecule has 3 aromatic rings. The van der Waals surface area contributed by atoms with Crippen LogP contribution >= 0.6 is 11.8 Å². The molecule has 0 unspecified atom stereocenters. The molecule has 3 N–H and O–H groups in total. The zero-order valence-corrected chi connectivity index (χ0v) is 16.9. The van der Waals surface area contributed by atoms with Crippen molar-refractivity contribution in [2.75, 3.05) is 16.4 Å². The van der Waals surface area contributed by atoms with E-state index in [2.05, 4.69) is 36.0 Å². The van der Waals surface area contributed by atoms with Crippen molar-refractivity contribution in [1.82, 2.24) is 20.6 Å². The Morgan fingerprint density at radius 2 is 1.84 bits per heavy atom. The Morgan fingerprint density at radius 1 is 1.16 bits per heavy atom. The summed E-state index contributed by atoms with van der Waals surface area (Å²) in [7, 11) is 0. The lowest BCUT2D eigenvalue weighted by atomic mass is 10.3. The van der Waals surface area contributed by atoms with Gasteiger partial charge in [-0.2, -0.15) is 10.5 Å². The fourth-order valence-electron chi connectivity index (χ4n) is 2.31. The van der Waals surface area contributed by atoms with E-state index >= 15 is 0 Å². The number of nitrogens with zero attached hydrogens (tertiary/aromatic N) is 4. The minimum atomic E-state index is -4.77. The molecule has 1 heterocycles. The lowest BCUT2D eigenvalue weighted by Crippen LogP contribution is -2.17. The van der Waals surface area contributed by atoms with E-state index in [9.17, 15) is 18.0 Å². The van der Waals surface area contributed by atoms with Crippen molar-refractivity contribution in [1.29, 1.82) is 5.26 Å². The third kappa shape index (κ3) is 7.03. The minimum Gasteiger partial charge on any atom is -0.406 e. The zero-order valence-electron chi connectivity index (χ0n) is 16.1. The number of rotatable bonds is 8. The molecule has 1 aromatic heterocycles. The fraction of sp³-hybridized carbons (Fsp3) is 0.105. The number of halogens is 3. The number of allylic oxidation sites excluding steroid dienone is 1. The van der Waals surface area contributed by atoms with Crippen molar-refractivity contribution in [3.05, 3.63) is 60.6 Å². The van der Waals surface area contributed by atoms with Gasteiger partial charge in [-0.15, -0.1) is 35.1 Å². The molecule has 0 aliphatic rings. The number of aromatic nitrogens is 4. The van der Waals surface area contributed by atoms with Crippen LogP contribution in [0, 0.1) is 11.3 Å². The van der Waals surface area contributed by atoms with Crippen LogP contribution in [0.15, 0.2) is 59.6 Å². The van der Waals surface area contributed by atoms with Crippen LogP contribution in [0.5, 0.6) is 5.75 Å². The summed E-state index contributed by atoms with van der Waals surface area (Å²) in [6, 6.07) is 13.9. The number of carbonyl (C=O) groups is 1. The quantitative estimate of drug-likeness (QED) is 0.341. The van der Waals surface area contributed by atoms with Crippen molar-refractivity contribution >= 4 is 34.6 Å². The number of hydrogen-bond donors (Lipinski definition) is 3. The average molecular weight is 461 g/mol. The van der Waals surface area contributed by atoms with Gasteiger partial charge in [-0.3, -0.25) is 4.79 Å². The zero-order chi connectivity index (χ0) is 23.0. The number of anilines is 2. The summed E-state index contributed by atoms with van der Waals surface area (Å²) in [5, 5.41) is 27.8. The van der Waals surface area contributed by atoms with Gasteiger partial charge in [0, 0.05) is 22.5 Å². The summed E-state index contributed by atoms with van der Waals surface area (Å²) in [6.45, 7) is 0. The summed E-state index contributed by atoms with van der Waals surface area (Å²) in [5.74, 6) is -0.416. The van der Waals surface area contributed by atoms with Crippen molar-refractivity contribution < 1.29 is 22.7 Å². The van der Waals surface area contributed by atoms with Gasteiger partial charge in [0.15, 0.2) is 0 Å². The molecule has 0 aliphatic carbocycles. The monoisotopic (exact) mass is 461 g/mol. The van der Waals surface area contributed by atoms with Crippen LogP contribution in [0.2, 0.25) is 0 Å². The number of benzene rings is 2. The number of thioether (sulfide) groups is 1. The highest BCUT2D eigenvalue weighted by molar-refractivity contribution is 8.00. The summed E-state index contributed by atoms with van der Waals surface area (Å²) in [6.07, 6.45) is -3.32. The highest BCUT2D eigenvalue weighted by Crippen LogP contribution is 2.25. The number of tetrazole rings is 1. The maximum Gasteiger partial charge on any atom is 0.573 e. The molecule has 0 saturated carbocycles. The highest BCUT2D eigenvalue weighted by Gasteiger charge is 2.30. The normalized spacial score (nSPS) is 11.5. The molecular formula is C19H14F3N7O2S. The summed E-state index contributed by atoms with van der Waals surface area (Å²) in [5.41, 5.74) is 1.26. The van der Waals surface area contributed by atoms with Crippen molar-refractivity contribution in [2.45, 2.75) is 11.3 Å². The lowest BCUT2D eigenvalue weighted by Gasteiger charge is -2.10. The molecule has 0 atom stereocenters. The molecule has 9 nitrogen and oxygen atoms in total. The van der Waals surface area contributed by atoms with Gasteiger partial charge in [-0.05, 0) is 53.7 Å². The molecule has 0 bridgehead atoms. The predicted molar refractivity (Wildman–Crippen MR) is 110 cm³/mol. The van der Waals surface area contributed by atoms with Crippen LogP contribution in [0.3, 0.4) is 0 Å². The van der Waals surface area contributed by atoms with Crippen molar-refractivity contribution in [3.63, 3.8) is 0 Å². The van der Waals surface area contributed by atoms with Gasteiger partial charge < -0.3 is 15.4 Å². The van der Waals surface area contributed by atoms with Gasteiger partial charge in [0.25, 0.3) is 0 Å². The van der Waals surface area contributed by atoms with E-state index in [0.717, 1.165) is 17.0 Å². The van der Waals surface area contributed by atoms with E-state index in [0.29, 0.717) is 11.4 Å². The molecule has 0 spiro atoms. The lowest BCUT2D eigenvalue weighted by molar-refractivity contribution is -0.274. The number of nitrogens with one attached hydrogen (secondary N) is 3. The molecule has 1 amide bonds. The largest absolute Gasteiger partial charge is 0.573 e. The maximum absolute atomic E-state index is 12.2. The third-order valence-corrected chi connectivity index (χ3v) is 4.70. The van der Waals surface area contributed by atoms with Crippen LogP contribution in [0.25, 0.3) is 5.57 Å². The van der Waals surface area contributed by atoms with Gasteiger partial charge in [0.2, 0.25) is 11.7 Å². The number of aromatic amines is 1. The van der Waals surface area contributed by atoms with E-state index in [1.165, 1.54) is 30.1 Å². The van der Waals surface area contributed by atoms with Crippen LogP contribution in [-0.2, 0) is 4.79 Å². The average Bonchev–Trinajstić information content (AvgIpc) is 3.29. The first-order valence-corrected chi connectivity index (χ1v) is 9.80. The predicted octanol–water partition coefficient (Wildman–Crippen LogP) is 3.81. The molecule has 32 heavy (non-hydrogen) atoms. The highest BCUT2D eigenvalue weighted by atomic mass is 32.2. The third-order valence-electron chi connectivity index (χ3n) is 3.69. The minimum absolute atomic E-state index is 0.101. The topological polar surface area (TPSA) is 129 Å². The number of hydrogen-bond acceptors (Lipinski definition) is 8. The number of carbonyl (C=O) groups excluding carboxylic acids is 1.